The maximum Gasteiger partial charge on any atom is 0.269 e. The third-order valence-corrected chi connectivity index (χ3v) is 14.1. The fraction of sp³-hybridized carbons (Fsp3) is 0.423. The lowest BCUT2D eigenvalue weighted by molar-refractivity contribution is -0.384. The van der Waals surface area contributed by atoms with Gasteiger partial charge in [-0.1, -0.05) is 42.3 Å². The number of amides is 1. The van der Waals surface area contributed by atoms with Crippen LogP contribution in [0.15, 0.2) is 125 Å². The van der Waals surface area contributed by atoms with E-state index >= 15 is 0 Å². The number of allylic oxidation sites excluding steroid dienone is 1. The van der Waals surface area contributed by atoms with Crippen molar-refractivity contribution < 1.29 is 43.4 Å². The summed E-state index contributed by atoms with van der Waals surface area (Å²) in [6.07, 6.45) is 12.0. The minimum atomic E-state index is -1.47. The molecule has 1 aliphatic heterocycles. The number of ether oxygens (including phenoxy) is 3. The number of unbranched alkanes of at least 4 members (excludes halogenated alkanes) is 2. The average Bonchev–Trinajstić information content (AvgIpc) is 4.19. The molecule has 4 aliphatic rings. The normalized spacial score (nSPS) is 23.5. The lowest BCUT2D eigenvalue weighted by Crippen LogP contribution is -2.70. The van der Waals surface area contributed by atoms with Crippen molar-refractivity contribution in [3.63, 3.8) is 0 Å². The zero-order valence-corrected chi connectivity index (χ0v) is 38.1. The van der Waals surface area contributed by atoms with Crippen LogP contribution in [0.2, 0.25) is 0 Å². The minimum absolute atomic E-state index is 0.000159. The fourth-order valence-corrected chi connectivity index (χ4v) is 10.5. The van der Waals surface area contributed by atoms with Gasteiger partial charge < -0.3 is 34.2 Å². The molecule has 2 fully saturated rings. The van der Waals surface area contributed by atoms with Crippen LogP contribution in [0, 0.1) is 39.6 Å². The third-order valence-electron chi connectivity index (χ3n) is 13.3. The molecule has 2 saturated carbocycles. The summed E-state index contributed by atoms with van der Waals surface area (Å²) in [4.78, 5) is 35.0. The first-order valence-electron chi connectivity index (χ1n) is 23.0. The summed E-state index contributed by atoms with van der Waals surface area (Å²) in [5.41, 5.74) is 3.82. The Kier molecular flexibility index (Phi) is 15.2. The third kappa shape index (κ3) is 10.4. The Morgan fingerprint density at radius 1 is 0.970 bits per heavy atom. The number of fused-ring (bicyclic) bond motifs is 2. The highest BCUT2D eigenvalue weighted by Crippen LogP contribution is 2.62. The van der Waals surface area contributed by atoms with E-state index in [0.29, 0.717) is 41.4 Å². The van der Waals surface area contributed by atoms with Crippen LogP contribution in [0.4, 0.5) is 10.1 Å². The van der Waals surface area contributed by atoms with Crippen LogP contribution in [0.3, 0.4) is 0 Å². The molecule has 0 unspecified atom stereocenters. The molecule has 3 aliphatic carbocycles. The highest BCUT2D eigenvalue weighted by molar-refractivity contribution is 7.98. The largest absolute Gasteiger partial charge is 0.459 e. The molecule has 0 aromatic heterocycles. The molecule has 1 heterocycles. The molecule has 348 valence electrons. The Morgan fingerprint density at radius 3 is 2.33 bits per heavy atom. The number of oxime groups is 1. The molecule has 6 atom stereocenters. The Balaban J connectivity index is 1.31. The molecule has 0 spiro atoms. The van der Waals surface area contributed by atoms with Crippen LogP contribution in [0.25, 0.3) is 0 Å². The SMILES string of the molecule is C=CCO[C@@]12Oc3ccc(Oc4ccc(SC)cc4)cc3[C@H]3[C@H](CCCCO)[C@@H](CCCCO)C=C(C(=NOCc4ccc([N+](=O)[O-])cc4)C[C@@H]1N(Cc1ccc(F)cc1)C(=O)C1CC1)[C@H]32. The van der Waals surface area contributed by atoms with Crippen molar-refractivity contribution in [1.82, 2.24) is 4.90 Å². The summed E-state index contributed by atoms with van der Waals surface area (Å²) in [6.45, 7) is 4.48. The number of rotatable bonds is 22. The van der Waals surface area contributed by atoms with Gasteiger partial charge in [-0.15, -0.1) is 18.3 Å². The number of nitro benzene ring substituents is 1. The van der Waals surface area contributed by atoms with Gasteiger partial charge >= 0.3 is 0 Å². The van der Waals surface area contributed by atoms with Crippen LogP contribution < -0.4 is 9.47 Å². The van der Waals surface area contributed by atoms with E-state index in [9.17, 15) is 29.5 Å². The molecule has 0 bridgehead atoms. The summed E-state index contributed by atoms with van der Waals surface area (Å²) >= 11 is 1.65. The number of benzene rings is 4. The van der Waals surface area contributed by atoms with Gasteiger partial charge in [0.2, 0.25) is 11.7 Å². The maximum atomic E-state index is 14.9. The van der Waals surface area contributed by atoms with Crippen LogP contribution in [0.5, 0.6) is 17.2 Å². The molecule has 4 aromatic carbocycles. The van der Waals surface area contributed by atoms with Crippen LogP contribution in [0.1, 0.15) is 80.4 Å². The highest BCUT2D eigenvalue weighted by Gasteiger charge is 2.66. The quantitative estimate of drug-likeness (QED) is 0.0256. The number of carbonyl (C=O) groups is 1. The molecule has 14 heteroatoms. The molecule has 12 nitrogen and oxygen atoms in total. The smallest absolute Gasteiger partial charge is 0.269 e. The first-order chi connectivity index (χ1) is 32.2. The van der Waals surface area contributed by atoms with Crippen molar-refractivity contribution in [1.29, 1.82) is 0 Å². The average molecular weight is 920 g/mol. The summed E-state index contributed by atoms with van der Waals surface area (Å²) in [5.74, 6) is -0.979. The van der Waals surface area contributed by atoms with Crippen molar-refractivity contribution in [2.75, 3.05) is 26.1 Å². The Bertz CT molecular complexity index is 2390. The summed E-state index contributed by atoms with van der Waals surface area (Å²) in [7, 11) is 0. The van der Waals surface area contributed by atoms with Gasteiger partial charge in [0.15, 0.2) is 0 Å². The van der Waals surface area contributed by atoms with Crippen molar-refractivity contribution in [3.8, 4) is 17.2 Å². The van der Waals surface area contributed by atoms with Crippen molar-refractivity contribution in [3.05, 3.63) is 148 Å². The highest BCUT2D eigenvalue weighted by atomic mass is 32.2. The molecule has 0 saturated heterocycles. The number of non-ortho nitro benzene ring substituents is 1. The second kappa shape index (κ2) is 21.4. The van der Waals surface area contributed by atoms with Crippen LogP contribution in [-0.2, 0) is 27.5 Å². The number of nitrogens with zero attached hydrogens (tertiary/aromatic N) is 3. The number of hydrogen-bond acceptors (Lipinski definition) is 11. The monoisotopic (exact) mass is 919 g/mol. The zero-order chi connectivity index (χ0) is 46.2. The van der Waals surface area contributed by atoms with E-state index in [-0.39, 0.29) is 80.5 Å². The van der Waals surface area contributed by atoms with Crippen LogP contribution in [-0.4, -0.2) is 69.6 Å². The topological polar surface area (TPSA) is 153 Å². The lowest BCUT2D eigenvalue weighted by atomic mass is 9.55. The minimum Gasteiger partial charge on any atom is -0.459 e. The first-order valence-corrected chi connectivity index (χ1v) is 24.2. The molecule has 2 N–H and O–H groups in total. The molecule has 66 heavy (non-hydrogen) atoms. The van der Waals surface area contributed by atoms with Crippen LogP contribution >= 0.6 is 11.8 Å². The number of carbonyl (C=O) groups excluding carboxylic acids is 1. The van der Waals surface area contributed by atoms with E-state index in [1.54, 1.807) is 42.1 Å². The molecule has 0 radical (unpaired) electrons. The fourth-order valence-electron chi connectivity index (χ4n) is 10.1. The number of hydrogen-bond donors (Lipinski definition) is 2. The molecular weight excluding hydrogens is 862 g/mol. The Morgan fingerprint density at radius 2 is 1.67 bits per heavy atom. The molecular formula is C52H58FN3O9S. The maximum absolute atomic E-state index is 14.9. The Labute approximate surface area is 389 Å². The van der Waals surface area contributed by atoms with Gasteiger partial charge in [-0.05, 0) is 140 Å². The predicted molar refractivity (Wildman–Crippen MR) is 251 cm³/mol. The number of halogens is 1. The number of nitro groups is 1. The van der Waals surface area contributed by atoms with Gasteiger partial charge in [-0.3, -0.25) is 14.9 Å². The van der Waals surface area contributed by atoms with Gasteiger partial charge in [0.05, 0.1) is 23.2 Å². The molecule has 8 rings (SSSR count). The van der Waals surface area contributed by atoms with E-state index in [2.05, 4.69) is 18.7 Å². The number of aliphatic hydroxyl groups excluding tert-OH is 2. The van der Waals surface area contributed by atoms with Crippen molar-refractivity contribution in [2.45, 2.75) is 93.6 Å². The Hall–Kier alpha value is -5.54. The standard InChI is InChI=1S/C52H58FN3O9S/c1-3-28-62-52-48(55(51(59)36-14-15-36)32-34-10-16-38(53)17-11-34)31-46(54-63-33-35-12-18-39(19-13-35)56(60)61)44-29-37(8-4-6-26-57)43(9-5-7-27-58)49(50(44)52)45-30-41(22-25-47(45)65-52)64-40-20-23-42(66-2)24-21-40/h3,10-13,16-25,29-30,36-37,43,48-50,57-58H,1,4-9,14-15,26-28,31-33H2,2H3/t37-,43+,48-,49+,50+,52+/m0/s1. The van der Waals surface area contributed by atoms with Gasteiger partial charge in [-0.2, -0.15) is 0 Å². The van der Waals surface area contributed by atoms with E-state index in [4.69, 9.17) is 24.2 Å². The second-order valence-corrected chi connectivity index (χ2v) is 18.5. The first kappa shape index (κ1) is 47.0. The van der Waals surface area contributed by atoms with E-state index in [1.165, 1.54) is 24.3 Å². The summed E-state index contributed by atoms with van der Waals surface area (Å²) in [6, 6.07) is 25.4. The van der Waals surface area contributed by atoms with Gasteiger partial charge in [0, 0.05) is 60.6 Å². The van der Waals surface area contributed by atoms with Gasteiger partial charge in [-0.25, -0.2) is 4.39 Å². The predicted octanol–water partition coefficient (Wildman–Crippen LogP) is 10.5. The van der Waals surface area contributed by atoms with E-state index in [0.717, 1.165) is 60.1 Å². The summed E-state index contributed by atoms with van der Waals surface area (Å²) < 4.78 is 35.4. The van der Waals surface area contributed by atoms with E-state index in [1.807, 2.05) is 47.6 Å². The summed E-state index contributed by atoms with van der Waals surface area (Å²) in [5, 5.41) is 36.3. The zero-order valence-electron chi connectivity index (χ0n) is 37.3. The van der Waals surface area contributed by atoms with Gasteiger partial charge in [0.25, 0.3) is 5.69 Å². The number of aliphatic hydroxyl groups is 2. The second-order valence-electron chi connectivity index (χ2n) is 17.6. The van der Waals surface area contributed by atoms with Crippen molar-refractivity contribution in [2.24, 2.45) is 28.8 Å². The molecule has 4 aromatic rings. The van der Waals surface area contributed by atoms with Gasteiger partial charge in [0.1, 0.15) is 35.7 Å². The lowest BCUT2D eigenvalue weighted by Gasteiger charge is -2.60. The molecule has 1 amide bonds. The van der Waals surface area contributed by atoms with E-state index < -0.39 is 22.7 Å². The van der Waals surface area contributed by atoms with Crippen molar-refractivity contribution >= 4 is 29.1 Å². The number of thioether (sulfide) groups is 1.